The molecule has 0 bridgehead atoms. The SMILES string of the molecule is CC(C(=O)O)c1c(CC(=O)c2ccc(NS(C)(=O)=O)cc2)[nH]c2cc(Cl)ccc12. The average molecular weight is 435 g/mol. The van der Waals surface area contributed by atoms with Crippen LogP contribution in [-0.2, 0) is 21.2 Å². The Morgan fingerprint density at radius 3 is 2.41 bits per heavy atom. The third-order valence-corrected chi connectivity index (χ3v) is 5.37. The van der Waals surface area contributed by atoms with Gasteiger partial charge in [-0.1, -0.05) is 17.7 Å². The molecular formula is C20H19ClN2O5S. The Bertz CT molecular complexity index is 1200. The van der Waals surface area contributed by atoms with Crippen molar-refractivity contribution < 1.29 is 23.1 Å². The molecule has 0 aliphatic carbocycles. The molecule has 152 valence electrons. The third kappa shape index (κ3) is 4.78. The van der Waals surface area contributed by atoms with E-state index in [1.54, 1.807) is 25.1 Å². The fraction of sp³-hybridized carbons (Fsp3) is 0.200. The van der Waals surface area contributed by atoms with Crippen LogP contribution < -0.4 is 4.72 Å². The maximum atomic E-state index is 12.8. The van der Waals surface area contributed by atoms with Crippen LogP contribution in [0.25, 0.3) is 10.9 Å². The van der Waals surface area contributed by atoms with Crippen molar-refractivity contribution in [2.75, 3.05) is 11.0 Å². The van der Waals surface area contributed by atoms with Crippen LogP contribution in [0.3, 0.4) is 0 Å². The molecule has 7 nitrogen and oxygen atoms in total. The van der Waals surface area contributed by atoms with Gasteiger partial charge in [0.1, 0.15) is 0 Å². The number of hydrogen-bond donors (Lipinski definition) is 3. The number of H-pyrrole nitrogens is 1. The Balaban J connectivity index is 1.93. The molecule has 1 heterocycles. The van der Waals surface area contributed by atoms with E-state index in [0.717, 1.165) is 6.26 Å². The van der Waals surface area contributed by atoms with Gasteiger partial charge in [0, 0.05) is 32.9 Å². The number of aromatic amines is 1. The number of aromatic nitrogens is 1. The highest BCUT2D eigenvalue weighted by Crippen LogP contribution is 2.32. The Kier molecular flexibility index (Phi) is 5.68. The molecule has 3 rings (SSSR count). The summed E-state index contributed by atoms with van der Waals surface area (Å²) in [7, 11) is -3.41. The Labute approximate surface area is 172 Å². The molecular weight excluding hydrogens is 416 g/mol. The summed E-state index contributed by atoms with van der Waals surface area (Å²) >= 11 is 6.03. The predicted octanol–water partition coefficient (Wildman–Crippen LogP) is 3.81. The topological polar surface area (TPSA) is 116 Å². The number of sulfonamides is 1. The second-order valence-electron chi connectivity index (χ2n) is 6.82. The largest absolute Gasteiger partial charge is 0.481 e. The summed E-state index contributed by atoms with van der Waals surface area (Å²) in [6.45, 7) is 1.57. The second kappa shape index (κ2) is 7.88. The first-order valence-corrected chi connectivity index (χ1v) is 11.0. The molecule has 0 aliphatic rings. The van der Waals surface area contributed by atoms with Gasteiger partial charge in [0.25, 0.3) is 0 Å². The maximum absolute atomic E-state index is 12.8. The predicted molar refractivity (Wildman–Crippen MR) is 112 cm³/mol. The van der Waals surface area contributed by atoms with Crippen molar-refractivity contribution in [3.05, 3.63) is 64.3 Å². The minimum absolute atomic E-state index is 0.0297. The van der Waals surface area contributed by atoms with Gasteiger partial charge >= 0.3 is 5.97 Å². The van der Waals surface area contributed by atoms with Gasteiger partial charge < -0.3 is 10.1 Å². The molecule has 1 aromatic heterocycles. The molecule has 0 amide bonds. The molecule has 9 heteroatoms. The number of carboxylic acids is 1. The number of benzene rings is 2. The van der Waals surface area contributed by atoms with Gasteiger partial charge in [-0.3, -0.25) is 14.3 Å². The molecule has 0 spiro atoms. The van der Waals surface area contributed by atoms with E-state index in [1.807, 2.05) is 0 Å². The highest BCUT2D eigenvalue weighted by atomic mass is 35.5. The number of fused-ring (bicyclic) bond motifs is 1. The van der Waals surface area contributed by atoms with E-state index < -0.39 is 21.9 Å². The zero-order valence-corrected chi connectivity index (χ0v) is 17.3. The van der Waals surface area contributed by atoms with Crippen molar-refractivity contribution in [1.82, 2.24) is 4.98 Å². The van der Waals surface area contributed by atoms with Crippen molar-refractivity contribution in [2.24, 2.45) is 0 Å². The van der Waals surface area contributed by atoms with E-state index in [9.17, 15) is 23.1 Å². The van der Waals surface area contributed by atoms with Gasteiger partial charge in [-0.05, 0) is 48.9 Å². The molecule has 29 heavy (non-hydrogen) atoms. The quantitative estimate of drug-likeness (QED) is 0.489. The van der Waals surface area contributed by atoms with Crippen LogP contribution in [0.5, 0.6) is 0 Å². The van der Waals surface area contributed by atoms with Crippen LogP contribution >= 0.6 is 11.6 Å². The summed E-state index contributed by atoms with van der Waals surface area (Å²) < 4.78 is 24.9. The van der Waals surface area contributed by atoms with E-state index in [-0.39, 0.29) is 12.2 Å². The van der Waals surface area contributed by atoms with E-state index in [1.165, 1.54) is 24.3 Å². The fourth-order valence-corrected chi connectivity index (χ4v) is 3.94. The molecule has 0 aliphatic heterocycles. The smallest absolute Gasteiger partial charge is 0.310 e. The minimum Gasteiger partial charge on any atom is -0.481 e. The van der Waals surface area contributed by atoms with Crippen molar-refractivity contribution in [3.63, 3.8) is 0 Å². The van der Waals surface area contributed by atoms with Crippen LogP contribution in [0.2, 0.25) is 5.02 Å². The standard InChI is InChI=1S/C20H19ClN2O5S/c1-11(20(25)26)19-15-8-5-13(21)9-16(15)22-17(19)10-18(24)12-3-6-14(7-4-12)23-29(2,27)28/h3-9,11,22-23H,10H2,1-2H3,(H,25,26). The Hall–Kier alpha value is -2.84. The van der Waals surface area contributed by atoms with E-state index in [2.05, 4.69) is 9.71 Å². The number of rotatable bonds is 7. The first-order valence-electron chi connectivity index (χ1n) is 8.69. The first kappa shape index (κ1) is 20.9. The minimum atomic E-state index is -3.41. The molecule has 0 radical (unpaired) electrons. The molecule has 3 aromatic rings. The molecule has 0 saturated carbocycles. The van der Waals surface area contributed by atoms with E-state index >= 15 is 0 Å². The molecule has 0 saturated heterocycles. The summed E-state index contributed by atoms with van der Waals surface area (Å²) in [5.74, 6) is -2.03. The Morgan fingerprint density at radius 1 is 1.17 bits per heavy atom. The molecule has 1 unspecified atom stereocenters. The fourth-order valence-electron chi connectivity index (χ4n) is 3.21. The van der Waals surface area contributed by atoms with Crippen molar-refractivity contribution in [1.29, 1.82) is 0 Å². The lowest BCUT2D eigenvalue weighted by Gasteiger charge is -2.09. The van der Waals surface area contributed by atoms with E-state index in [0.29, 0.717) is 38.4 Å². The average Bonchev–Trinajstić information content (AvgIpc) is 2.96. The first-order chi connectivity index (χ1) is 13.5. The zero-order valence-electron chi connectivity index (χ0n) is 15.7. The zero-order chi connectivity index (χ0) is 21.3. The number of carbonyl (C=O) groups excluding carboxylic acids is 1. The summed E-state index contributed by atoms with van der Waals surface area (Å²) in [5.41, 5.74) is 2.46. The van der Waals surface area contributed by atoms with Crippen LogP contribution in [-0.4, -0.2) is 36.5 Å². The van der Waals surface area contributed by atoms with Crippen LogP contribution in [0.1, 0.15) is 34.5 Å². The van der Waals surface area contributed by atoms with Crippen molar-refractivity contribution >= 4 is 50.0 Å². The summed E-state index contributed by atoms with van der Waals surface area (Å²) in [4.78, 5) is 27.5. The van der Waals surface area contributed by atoms with E-state index in [4.69, 9.17) is 11.6 Å². The third-order valence-electron chi connectivity index (χ3n) is 4.53. The number of hydrogen-bond acceptors (Lipinski definition) is 4. The number of ketones is 1. The Morgan fingerprint density at radius 2 is 1.83 bits per heavy atom. The summed E-state index contributed by atoms with van der Waals surface area (Å²) in [5, 5.41) is 10.7. The molecule has 3 N–H and O–H groups in total. The van der Waals surface area contributed by atoms with Gasteiger partial charge in [-0.15, -0.1) is 0 Å². The van der Waals surface area contributed by atoms with Gasteiger partial charge in [0.15, 0.2) is 5.78 Å². The van der Waals surface area contributed by atoms with Gasteiger partial charge in [0.2, 0.25) is 10.0 Å². The number of carboxylic acid groups (broad SMARTS) is 1. The number of anilines is 1. The molecule has 2 aromatic carbocycles. The monoisotopic (exact) mass is 434 g/mol. The normalized spacial score (nSPS) is 12.7. The van der Waals surface area contributed by atoms with Crippen molar-refractivity contribution in [3.8, 4) is 0 Å². The number of nitrogens with one attached hydrogen (secondary N) is 2. The van der Waals surface area contributed by atoms with Gasteiger partial charge in [-0.25, -0.2) is 8.42 Å². The van der Waals surface area contributed by atoms with Crippen molar-refractivity contribution in [2.45, 2.75) is 19.3 Å². The number of halogens is 1. The summed E-state index contributed by atoms with van der Waals surface area (Å²) in [6.07, 6.45) is 1.01. The second-order valence-corrected chi connectivity index (χ2v) is 9.00. The lowest BCUT2D eigenvalue weighted by atomic mass is 9.94. The lowest BCUT2D eigenvalue weighted by Crippen LogP contribution is -2.12. The summed E-state index contributed by atoms with van der Waals surface area (Å²) in [6, 6.07) is 11.2. The molecule has 0 fully saturated rings. The highest BCUT2D eigenvalue weighted by molar-refractivity contribution is 7.92. The number of aliphatic carboxylic acids is 1. The van der Waals surface area contributed by atoms with Crippen LogP contribution in [0.4, 0.5) is 5.69 Å². The van der Waals surface area contributed by atoms with Gasteiger partial charge in [-0.2, -0.15) is 0 Å². The highest BCUT2D eigenvalue weighted by Gasteiger charge is 2.24. The lowest BCUT2D eigenvalue weighted by molar-refractivity contribution is -0.138. The molecule has 1 atom stereocenters. The number of Topliss-reactive ketones (excluding diaryl/α,β-unsaturated/α-hetero) is 1. The maximum Gasteiger partial charge on any atom is 0.310 e. The van der Waals surface area contributed by atoms with Crippen LogP contribution in [0, 0.1) is 0 Å². The number of carbonyl (C=O) groups is 2. The van der Waals surface area contributed by atoms with Crippen LogP contribution in [0.15, 0.2) is 42.5 Å². The van der Waals surface area contributed by atoms with Gasteiger partial charge in [0.05, 0.1) is 18.6 Å².